The SMILES string of the molecule is CN=C(NCc1ccc(N2CCCCCC2)nc1)N1CCC(COCc2ccccc2)C1. The van der Waals surface area contributed by atoms with Gasteiger partial charge in [-0.25, -0.2) is 4.98 Å². The molecule has 2 aliphatic heterocycles. The van der Waals surface area contributed by atoms with Gasteiger partial charge in [-0.05, 0) is 36.5 Å². The average molecular weight is 436 g/mol. The highest BCUT2D eigenvalue weighted by Gasteiger charge is 2.25. The largest absolute Gasteiger partial charge is 0.376 e. The zero-order valence-electron chi connectivity index (χ0n) is 19.4. The number of aromatic nitrogens is 1. The number of anilines is 1. The molecule has 2 fully saturated rings. The number of hydrogen-bond acceptors (Lipinski definition) is 4. The number of nitrogens with zero attached hydrogens (tertiary/aromatic N) is 4. The maximum atomic E-state index is 5.96. The summed E-state index contributed by atoms with van der Waals surface area (Å²) in [6.45, 7) is 6.48. The van der Waals surface area contributed by atoms with Gasteiger partial charge in [0.1, 0.15) is 5.82 Å². The Morgan fingerprint density at radius 3 is 2.56 bits per heavy atom. The minimum Gasteiger partial charge on any atom is -0.376 e. The topological polar surface area (TPSA) is 53.0 Å². The Bertz CT molecular complexity index is 831. The fraction of sp³-hybridized carbons (Fsp3) is 0.538. The van der Waals surface area contributed by atoms with Gasteiger partial charge in [-0.1, -0.05) is 49.2 Å². The lowest BCUT2D eigenvalue weighted by Crippen LogP contribution is -2.39. The Kier molecular flexibility index (Phi) is 8.37. The summed E-state index contributed by atoms with van der Waals surface area (Å²) in [5, 5.41) is 3.52. The number of rotatable bonds is 7. The van der Waals surface area contributed by atoms with Crippen LogP contribution in [0.1, 0.15) is 43.2 Å². The summed E-state index contributed by atoms with van der Waals surface area (Å²) in [6, 6.07) is 14.7. The van der Waals surface area contributed by atoms with Crippen molar-refractivity contribution in [2.24, 2.45) is 10.9 Å². The molecule has 6 heteroatoms. The number of pyridine rings is 1. The summed E-state index contributed by atoms with van der Waals surface area (Å²) in [4.78, 5) is 14.0. The molecule has 1 aromatic carbocycles. The molecule has 3 heterocycles. The number of guanidine groups is 1. The second-order valence-electron chi connectivity index (χ2n) is 8.93. The van der Waals surface area contributed by atoms with E-state index in [1.165, 1.54) is 36.8 Å². The van der Waals surface area contributed by atoms with E-state index < -0.39 is 0 Å². The van der Waals surface area contributed by atoms with E-state index in [0.717, 1.165) is 57.5 Å². The summed E-state index contributed by atoms with van der Waals surface area (Å²) in [5.74, 6) is 2.62. The molecule has 4 rings (SSSR count). The molecule has 0 amide bonds. The maximum Gasteiger partial charge on any atom is 0.193 e. The zero-order chi connectivity index (χ0) is 22.0. The first-order valence-corrected chi connectivity index (χ1v) is 12.1. The average Bonchev–Trinajstić information content (AvgIpc) is 3.13. The highest BCUT2D eigenvalue weighted by Crippen LogP contribution is 2.19. The van der Waals surface area contributed by atoms with Crippen molar-refractivity contribution in [2.45, 2.75) is 45.3 Å². The molecule has 1 aromatic heterocycles. The summed E-state index contributed by atoms with van der Waals surface area (Å²) >= 11 is 0. The normalized spacial score (nSPS) is 19.8. The van der Waals surface area contributed by atoms with Crippen LogP contribution in [0.3, 0.4) is 0 Å². The maximum absolute atomic E-state index is 5.96. The second kappa shape index (κ2) is 11.9. The van der Waals surface area contributed by atoms with Gasteiger partial charge in [0.2, 0.25) is 0 Å². The fourth-order valence-electron chi connectivity index (χ4n) is 4.60. The van der Waals surface area contributed by atoms with Crippen LogP contribution in [0.4, 0.5) is 5.82 Å². The van der Waals surface area contributed by atoms with Crippen molar-refractivity contribution in [2.75, 3.05) is 44.7 Å². The molecule has 0 saturated carbocycles. The van der Waals surface area contributed by atoms with Crippen LogP contribution in [-0.2, 0) is 17.9 Å². The third-order valence-electron chi connectivity index (χ3n) is 6.45. The van der Waals surface area contributed by atoms with Crippen LogP contribution in [0.15, 0.2) is 53.7 Å². The third-order valence-corrected chi connectivity index (χ3v) is 6.45. The van der Waals surface area contributed by atoms with Crippen LogP contribution in [0, 0.1) is 5.92 Å². The molecule has 2 aliphatic rings. The number of benzene rings is 1. The first-order chi connectivity index (χ1) is 15.8. The summed E-state index contributed by atoms with van der Waals surface area (Å²) in [5.41, 5.74) is 2.42. The van der Waals surface area contributed by atoms with Gasteiger partial charge in [0, 0.05) is 51.9 Å². The molecular formula is C26H37N5O. The standard InChI is InChI=1S/C26H37N5O/c1-27-26(31-16-13-24(19-31)21-32-20-22-9-5-4-6-10-22)29-18-23-11-12-25(28-17-23)30-14-7-2-3-8-15-30/h4-6,9-12,17,24H,2-3,7-8,13-16,18-21H2,1H3,(H,27,29). The molecule has 1 unspecified atom stereocenters. The molecule has 1 N–H and O–H groups in total. The lowest BCUT2D eigenvalue weighted by atomic mass is 10.1. The van der Waals surface area contributed by atoms with E-state index in [9.17, 15) is 0 Å². The van der Waals surface area contributed by atoms with Crippen molar-refractivity contribution in [3.63, 3.8) is 0 Å². The summed E-state index contributed by atoms with van der Waals surface area (Å²) in [6.07, 6.45) is 8.37. The third kappa shape index (κ3) is 6.45. The van der Waals surface area contributed by atoms with Crippen molar-refractivity contribution in [3.8, 4) is 0 Å². The molecule has 2 saturated heterocycles. The lowest BCUT2D eigenvalue weighted by molar-refractivity contribution is 0.0906. The van der Waals surface area contributed by atoms with Crippen LogP contribution in [-0.4, -0.2) is 55.7 Å². The van der Waals surface area contributed by atoms with Crippen LogP contribution in [0.2, 0.25) is 0 Å². The quantitative estimate of drug-likeness (QED) is 0.525. The Morgan fingerprint density at radius 2 is 1.84 bits per heavy atom. The molecule has 2 aromatic rings. The Balaban J connectivity index is 1.20. The minimum absolute atomic E-state index is 0.548. The van der Waals surface area contributed by atoms with E-state index in [4.69, 9.17) is 9.72 Å². The number of ether oxygens (including phenoxy) is 1. The molecule has 0 spiro atoms. The van der Waals surface area contributed by atoms with Gasteiger partial charge in [-0.3, -0.25) is 4.99 Å². The van der Waals surface area contributed by atoms with E-state index in [1.807, 2.05) is 19.3 Å². The predicted molar refractivity (Wildman–Crippen MR) is 131 cm³/mol. The lowest BCUT2D eigenvalue weighted by Gasteiger charge is -2.23. The van der Waals surface area contributed by atoms with E-state index in [-0.39, 0.29) is 0 Å². The highest BCUT2D eigenvalue weighted by atomic mass is 16.5. The van der Waals surface area contributed by atoms with Gasteiger partial charge >= 0.3 is 0 Å². The van der Waals surface area contributed by atoms with Crippen molar-refractivity contribution in [1.82, 2.24) is 15.2 Å². The van der Waals surface area contributed by atoms with Crippen LogP contribution in [0.5, 0.6) is 0 Å². The molecule has 1 atom stereocenters. The fourth-order valence-corrected chi connectivity index (χ4v) is 4.60. The van der Waals surface area contributed by atoms with Gasteiger partial charge in [-0.15, -0.1) is 0 Å². The summed E-state index contributed by atoms with van der Waals surface area (Å²) < 4.78 is 5.96. The monoisotopic (exact) mass is 435 g/mol. The molecule has 0 bridgehead atoms. The van der Waals surface area contributed by atoms with Gasteiger partial charge < -0.3 is 19.9 Å². The first-order valence-electron chi connectivity index (χ1n) is 12.1. The highest BCUT2D eigenvalue weighted by molar-refractivity contribution is 5.80. The van der Waals surface area contributed by atoms with Crippen molar-refractivity contribution in [1.29, 1.82) is 0 Å². The van der Waals surface area contributed by atoms with Gasteiger partial charge in [-0.2, -0.15) is 0 Å². The second-order valence-corrected chi connectivity index (χ2v) is 8.93. The van der Waals surface area contributed by atoms with Crippen LogP contribution < -0.4 is 10.2 Å². The first kappa shape index (κ1) is 22.6. The van der Waals surface area contributed by atoms with Crippen LogP contribution in [0.25, 0.3) is 0 Å². The molecule has 0 aliphatic carbocycles. The van der Waals surface area contributed by atoms with E-state index >= 15 is 0 Å². The van der Waals surface area contributed by atoms with Gasteiger partial charge in [0.05, 0.1) is 13.2 Å². The summed E-state index contributed by atoms with van der Waals surface area (Å²) in [7, 11) is 1.86. The molecule has 6 nitrogen and oxygen atoms in total. The molecule has 0 radical (unpaired) electrons. The predicted octanol–water partition coefficient (Wildman–Crippen LogP) is 4.08. The van der Waals surface area contributed by atoms with E-state index in [0.29, 0.717) is 12.5 Å². The molecule has 32 heavy (non-hydrogen) atoms. The van der Waals surface area contributed by atoms with Crippen molar-refractivity contribution >= 4 is 11.8 Å². The van der Waals surface area contributed by atoms with E-state index in [2.05, 4.69) is 56.5 Å². The molecular weight excluding hydrogens is 398 g/mol. The number of nitrogens with one attached hydrogen (secondary N) is 1. The molecule has 172 valence electrons. The number of likely N-dealkylation sites (tertiary alicyclic amines) is 1. The van der Waals surface area contributed by atoms with Gasteiger partial charge in [0.15, 0.2) is 5.96 Å². The van der Waals surface area contributed by atoms with E-state index in [1.54, 1.807) is 0 Å². The van der Waals surface area contributed by atoms with Crippen molar-refractivity contribution in [3.05, 3.63) is 59.8 Å². The van der Waals surface area contributed by atoms with Crippen LogP contribution >= 0.6 is 0 Å². The number of hydrogen-bond donors (Lipinski definition) is 1. The Morgan fingerprint density at radius 1 is 1.03 bits per heavy atom. The Hall–Kier alpha value is -2.60. The number of aliphatic imine (C=N–C) groups is 1. The zero-order valence-corrected chi connectivity index (χ0v) is 19.4. The smallest absolute Gasteiger partial charge is 0.193 e. The van der Waals surface area contributed by atoms with Gasteiger partial charge in [0.25, 0.3) is 0 Å². The minimum atomic E-state index is 0.548. The Labute approximate surface area is 192 Å². The van der Waals surface area contributed by atoms with Crippen molar-refractivity contribution < 1.29 is 4.74 Å².